The normalized spacial score (nSPS) is 10.6. The van der Waals surface area contributed by atoms with Gasteiger partial charge in [0.2, 0.25) is 0 Å². The monoisotopic (exact) mass is 404 g/mol. The fraction of sp³-hybridized carbons (Fsp3) is 0.0625. The van der Waals surface area contributed by atoms with E-state index in [-0.39, 0.29) is 0 Å². The largest absolute Gasteiger partial charge is 0.365 e. The maximum atomic E-state index is 11.9. The van der Waals surface area contributed by atoms with Crippen LogP contribution in [0.15, 0.2) is 42.6 Å². The highest BCUT2D eigenvalue weighted by Gasteiger charge is 2.22. The number of nitrogens with one attached hydrogen (secondary N) is 1. The minimum atomic E-state index is -0.462. The van der Waals surface area contributed by atoms with Crippen LogP contribution in [0.5, 0.6) is 0 Å². The van der Waals surface area contributed by atoms with Gasteiger partial charge in [0, 0.05) is 6.20 Å². The fourth-order valence-corrected chi connectivity index (χ4v) is 3.25. The maximum absolute atomic E-state index is 11.9. The van der Waals surface area contributed by atoms with Gasteiger partial charge in [0.25, 0.3) is 5.91 Å². The van der Waals surface area contributed by atoms with Crippen LogP contribution in [0.1, 0.15) is 16.2 Å². The molecule has 6 heteroatoms. The quantitative estimate of drug-likeness (QED) is 0.658. The first-order chi connectivity index (χ1) is 10.6. The average Bonchev–Trinajstić information content (AvgIpc) is 2.86. The van der Waals surface area contributed by atoms with Crippen LogP contribution in [0.2, 0.25) is 0 Å². The molecule has 0 aliphatic carbocycles. The number of nitrogens with two attached hydrogens (primary N) is 1. The Morgan fingerprint density at radius 1 is 1.18 bits per heavy atom. The van der Waals surface area contributed by atoms with Crippen LogP contribution in [0, 0.1) is 10.5 Å². The number of primary amides is 1. The van der Waals surface area contributed by atoms with Crippen molar-refractivity contribution in [1.29, 1.82) is 0 Å². The molecule has 0 radical (unpaired) electrons. The Morgan fingerprint density at radius 3 is 2.55 bits per heavy atom. The molecule has 2 heterocycles. The van der Waals surface area contributed by atoms with E-state index < -0.39 is 5.91 Å². The van der Waals surface area contributed by atoms with E-state index in [0.717, 1.165) is 20.5 Å². The second-order valence-corrected chi connectivity index (χ2v) is 5.86. The first-order valence-electron chi connectivity index (χ1n) is 6.64. The van der Waals surface area contributed by atoms with Gasteiger partial charge in [-0.1, -0.05) is 30.3 Å². The molecule has 3 aromatic rings. The molecule has 2 aromatic heterocycles. The van der Waals surface area contributed by atoms with Gasteiger partial charge in [-0.3, -0.25) is 4.79 Å². The molecule has 0 spiro atoms. The molecule has 0 saturated carbocycles. The third-order valence-electron chi connectivity index (χ3n) is 3.28. The van der Waals surface area contributed by atoms with Crippen molar-refractivity contribution in [3.8, 4) is 22.6 Å². The minimum absolute atomic E-state index is 0.462. The third kappa shape index (κ3) is 2.61. The average molecular weight is 404 g/mol. The summed E-state index contributed by atoms with van der Waals surface area (Å²) < 4.78 is 0.766. The summed E-state index contributed by atoms with van der Waals surface area (Å²) in [6.07, 6.45) is 1.70. The molecule has 5 nitrogen and oxygen atoms in total. The van der Waals surface area contributed by atoms with Crippen molar-refractivity contribution in [2.75, 3.05) is 0 Å². The predicted octanol–water partition coefficient (Wildman–Crippen LogP) is 3.15. The second kappa shape index (κ2) is 5.88. The third-order valence-corrected chi connectivity index (χ3v) is 4.36. The summed E-state index contributed by atoms with van der Waals surface area (Å²) in [6, 6.07) is 11.4. The van der Waals surface area contributed by atoms with Crippen LogP contribution in [0.25, 0.3) is 22.6 Å². The predicted molar refractivity (Wildman–Crippen MR) is 93.2 cm³/mol. The van der Waals surface area contributed by atoms with E-state index in [2.05, 4.69) is 37.5 Å². The lowest BCUT2D eigenvalue weighted by atomic mass is 10.1. The van der Waals surface area contributed by atoms with Crippen molar-refractivity contribution >= 4 is 28.5 Å². The number of rotatable bonds is 3. The lowest BCUT2D eigenvalue weighted by Gasteiger charge is -2.01. The fourth-order valence-electron chi connectivity index (χ4n) is 2.30. The number of carbonyl (C=O) groups is 1. The number of hydrogen-bond acceptors (Lipinski definition) is 3. The van der Waals surface area contributed by atoms with Crippen molar-refractivity contribution < 1.29 is 4.79 Å². The SMILES string of the molecule is Cc1nccc(-c2[nH]c(-c3ccccc3)c(C(N)=O)c2I)n1. The summed E-state index contributed by atoms with van der Waals surface area (Å²) in [5, 5.41) is 0. The van der Waals surface area contributed by atoms with Crippen LogP contribution in [-0.2, 0) is 0 Å². The van der Waals surface area contributed by atoms with E-state index in [0.29, 0.717) is 17.1 Å². The van der Waals surface area contributed by atoms with Crippen LogP contribution < -0.4 is 5.73 Å². The second-order valence-electron chi connectivity index (χ2n) is 4.78. The zero-order valence-electron chi connectivity index (χ0n) is 11.8. The Balaban J connectivity index is 2.24. The van der Waals surface area contributed by atoms with E-state index in [1.54, 1.807) is 12.3 Å². The number of halogens is 1. The Bertz CT molecular complexity index is 843. The number of benzene rings is 1. The summed E-state index contributed by atoms with van der Waals surface area (Å²) in [7, 11) is 0. The summed E-state index contributed by atoms with van der Waals surface area (Å²) in [6.45, 7) is 1.83. The van der Waals surface area contributed by atoms with Gasteiger partial charge in [0.05, 0.1) is 26.2 Å². The van der Waals surface area contributed by atoms with E-state index in [4.69, 9.17) is 5.73 Å². The highest BCUT2D eigenvalue weighted by Crippen LogP contribution is 2.33. The van der Waals surface area contributed by atoms with Gasteiger partial charge in [0.1, 0.15) is 5.82 Å². The van der Waals surface area contributed by atoms with Gasteiger partial charge in [-0.15, -0.1) is 0 Å². The van der Waals surface area contributed by atoms with Crippen molar-refractivity contribution in [2.24, 2.45) is 5.73 Å². The number of aromatic nitrogens is 3. The summed E-state index contributed by atoms with van der Waals surface area (Å²) in [5.41, 5.74) is 9.20. The van der Waals surface area contributed by atoms with Crippen molar-refractivity contribution in [1.82, 2.24) is 15.0 Å². The van der Waals surface area contributed by atoms with Crippen molar-refractivity contribution in [3.63, 3.8) is 0 Å². The number of amides is 1. The van der Waals surface area contributed by atoms with E-state index >= 15 is 0 Å². The number of nitrogens with zero attached hydrogens (tertiary/aromatic N) is 2. The lowest BCUT2D eigenvalue weighted by Crippen LogP contribution is -2.12. The molecular formula is C16H13IN4O. The maximum Gasteiger partial charge on any atom is 0.251 e. The van der Waals surface area contributed by atoms with Crippen LogP contribution in [-0.4, -0.2) is 20.9 Å². The molecule has 0 atom stereocenters. The zero-order valence-corrected chi connectivity index (χ0v) is 14.0. The van der Waals surface area contributed by atoms with Gasteiger partial charge >= 0.3 is 0 Å². The topological polar surface area (TPSA) is 84.7 Å². The summed E-state index contributed by atoms with van der Waals surface area (Å²) in [5.74, 6) is 0.210. The highest BCUT2D eigenvalue weighted by molar-refractivity contribution is 14.1. The Hall–Kier alpha value is -2.22. The van der Waals surface area contributed by atoms with Gasteiger partial charge < -0.3 is 10.7 Å². The van der Waals surface area contributed by atoms with Gasteiger partial charge in [-0.05, 0) is 41.1 Å². The zero-order chi connectivity index (χ0) is 15.7. The summed E-state index contributed by atoms with van der Waals surface area (Å²) in [4.78, 5) is 23.7. The molecule has 3 N–H and O–H groups in total. The van der Waals surface area contributed by atoms with Crippen LogP contribution in [0.4, 0.5) is 0 Å². The lowest BCUT2D eigenvalue weighted by molar-refractivity contribution is 0.100. The highest BCUT2D eigenvalue weighted by atomic mass is 127. The molecule has 0 fully saturated rings. The van der Waals surface area contributed by atoms with Gasteiger partial charge in [0.15, 0.2) is 0 Å². The van der Waals surface area contributed by atoms with E-state index in [1.165, 1.54) is 0 Å². The van der Waals surface area contributed by atoms with E-state index in [1.807, 2.05) is 37.3 Å². The molecule has 0 unspecified atom stereocenters. The number of hydrogen-bond donors (Lipinski definition) is 2. The van der Waals surface area contributed by atoms with E-state index in [9.17, 15) is 4.79 Å². The molecule has 1 amide bonds. The molecule has 0 aliphatic heterocycles. The molecule has 0 aliphatic rings. The molecule has 1 aromatic carbocycles. The molecule has 0 saturated heterocycles. The Kier molecular flexibility index (Phi) is 3.93. The van der Waals surface area contributed by atoms with Crippen LogP contribution >= 0.6 is 22.6 Å². The number of aromatic amines is 1. The smallest absolute Gasteiger partial charge is 0.251 e. The van der Waals surface area contributed by atoms with Gasteiger partial charge in [-0.2, -0.15) is 0 Å². The first kappa shape index (κ1) is 14.7. The minimum Gasteiger partial charge on any atom is -0.365 e. The number of aryl methyl sites for hydroxylation is 1. The van der Waals surface area contributed by atoms with Gasteiger partial charge in [-0.25, -0.2) is 9.97 Å². The molecule has 22 heavy (non-hydrogen) atoms. The Labute approximate surface area is 141 Å². The van der Waals surface area contributed by atoms with Crippen LogP contribution in [0.3, 0.4) is 0 Å². The number of H-pyrrole nitrogens is 1. The first-order valence-corrected chi connectivity index (χ1v) is 7.72. The molecule has 3 rings (SSSR count). The molecular weight excluding hydrogens is 391 g/mol. The standard InChI is InChI=1S/C16H13IN4O/c1-9-19-8-7-11(20-9)15-13(17)12(16(18)22)14(21-15)10-5-3-2-4-6-10/h2-8,21H,1H3,(H2,18,22). The number of carbonyl (C=O) groups excluding carboxylic acids is 1. The summed E-state index contributed by atoms with van der Waals surface area (Å²) >= 11 is 2.13. The molecule has 0 bridgehead atoms. The van der Waals surface area contributed by atoms with Crippen molar-refractivity contribution in [3.05, 3.63) is 57.6 Å². The molecule has 110 valence electrons. The Morgan fingerprint density at radius 2 is 1.91 bits per heavy atom. The van der Waals surface area contributed by atoms with Crippen molar-refractivity contribution in [2.45, 2.75) is 6.92 Å².